The van der Waals surface area contributed by atoms with Crippen molar-refractivity contribution in [3.63, 3.8) is 0 Å². The zero-order valence-corrected chi connectivity index (χ0v) is 8.21. The summed E-state index contributed by atoms with van der Waals surface area (Å²) in [5.74, 6) is -0.565. The Morgan fingerprint density at radius 1 is 1.43 bits per heavy atom. The van der Waals surface area contributed by atoms with Gasteiger partial charge in [-0.2, -0.15) is 0 Å². The van der Waals surface area contributed by atoms with Crippen LogP contribution in [0.3, 0.4) is 0 Å². The van der Waals surface area contributed by atoms with Crippen LogP contribution in [0.25, 0.3) is 0 Å². The maximum absolute atomic E-state index is 11.6. The molecule has 78 valence electrons. The molecule has 7 heteroatoms. The fourth-order valence-electron chi connectivity index (χ4n) is 1.61. The van der Waals surface area contributed by atoms with Crippen LogP contribution >= 0.6 is 0 Å². The molecule has 1 unspecified atom stereocenters. The topological polar surface area (TPSA) is 93.0 Å². The minimum atomic E-state index is -3.18. The van der Waals surface area contributed by atoms with E-state index in [1.165, 1.54) is 0 Å². The molecule has 0 radical (unpaired) electrons. The number of H-pyrrole nitrogens is 1. The van der Waals surface area contributed by atoms with E-state index in [4.69, 9.17) is 0 Å². The molecule has 1 aliphatic heterocycles. The van der Waals surface area contributed by atoms with Crippen molar-refractivity contribution in [3.05, 3.63) is 16.4 Å². The molecule has 2 rings (SSSR count). The lowest BCUT2D eigenvalue weighted by Gasteiger charge is -2.18. The fraction of sp³-hybridized carbons (Fsp3) is 0.714. The molecule has 0 aromatic carbocycles. The third-order valence-corrected chi connectivity index (χ3v) is 4.47. The Morgan fingerprint density at radius 2 is 2.21 bits per heavy atom. The second kappa shape index (κ2) is 3.23. The fourth-order valence-corrected chi connectivity index (χ4v) is 3.44. The first kappa shape index (κ1) is 9.45. The van der Waals surface area contributed by atoms with Gasteiger partial charge in [0.05, 0.1) is 5.75 Å². The summed E-state index contributed by atoms with van der Waals surface area (Å²) in [6.07, 6.45) is 1.98. The average molecular weight is 218 g/mol. The maximum Gasteiger partial charge on any atom is 0.434 e. The van der Waals surface area contributed by atoms with E-state index in [2.05, 4.69) is 14.6 Å². The standard InChI is InChI=1S/C7H10N2O4S/c10-7-9-8-6(13-7)5-3-1-2-4-14(5,11)12/h5H,1-4H2,(H,9,10). The lowest BCUT2D eigenvalue weighted by molar-refractivity contribution is 0.431. The Hall–Kier alpha value is -1.11. The Labute approximate surface area is 80.2 Å². The highest BCUT2D eigenvalue weighted by atomic mass is 32.2. The quantitative estimate of drug-likeness (QED) is 0.716. The van der Waals surface area contributed by atoms with Crippen LogP contribution in [0, 0.1) is 0 Å². The number of hydrogen-bond donors (Lipinski definition) is 1. The number of rotatable bonds is 1. The average Bonchev–Trinajstić information content (AvgIpc) is 2.51. The molecule has 1 aromatic heterocycles. The van der Waals surface area contributed by atoms with Gasteiger partial charge in [0.25, 0.3) is 0 Å². The van der Waals surface area contributed by atoms with Gasteiger partial charge in [-0.15, -0.1) is 5.10 Å². The van der Waals surface area contributed by atoms with Crippen molar-refractivity contribution >= 4 is 9.84 Å². The highest BCUT2D eigenvalue weighted by Gasteiger charge is 2.34. The highest BCUT2D eigenvalue weighted by molar-refractivity contribution is 7.91. The van der Waals surface area contributed by atoms with Gasteiger partial charge < -0.3 is 4.42 Å². The molecule has 14 heavy (non-hydrogen) atoms. The molecular formula is C7H10N2O4S. The minimum absolute atomic E-state index is 0.00491. The summed E-state index contributed by atoms with van der Waals surface area (Å²) in [5.41, 5.74) is 0. The molecule has 1 aliphatic rings. The summed E-state index contributed by atoms with van der Waals surface area (Å²) < 4.78 is 27.8. The van der Waals surface area contributed by atoms with Gasteiger partial charge in [0.1, 0.15) is 5.25 Å². The number of hydrogen-bond acceptors (Lipinski definition) is 5. The summed E-state index contributed by atoms with van der Waals surface area (Å²) in [5, 5.41) is 4.88. The maximum atomic E-state index is 11.6. The molecule has 0 bridgehead atoms. The molecule has 1 atom stereocenters. The van der Waals surface area contributed by atoms with Gasteiger partial charge in [0.15, 0.2) is 9.84 Å². The van der Waals surface area contributed by atoms with Crippen molar-refractivity contribution in [3.8, 4) is 0 Å². The van der Waals surface area contributed by atoms with Gasteiger partial charge in [-0.1, -0.05) is 6.42 Å². The third kappa shape index (κ3) is 1.59. The van der Waals surface area contributed by atoms with Gasteiger partial charge in [-0.25, -0.2) is 18.3 Å². The van der Waals surface area contributed by atoms with E-state index >= 15 is 0 Å². The number of sulfone groups is 1. The predicted molar refractivity (Wildman–Crippen MR) is 47.5 cm³/mol. The Kier molecular flexibility index (Phi) is 2.18. The number of aromatic nitrogens is 2. The van der Waals surface area contributed by atoms with Gasteiger partial charge in [-0.3, -0.25) is 0 Å². The monoisotopic (exact) mass is 218 g/mol. The van der Waals surface area contributed by atoms with E-state index in [0.29, 0.717) is 12.8 Å². The number of nitrogens with one attached hydrogen (secondary N) is 1. The van der Waals surface area contributed by atoms with Crippen molar-refractivity contribution in [2.45, 2.75) is 24.5 Å². The highest BCUT2D eigenvalue weighted by Crippen LogP contribution is 2.31. The molecule has 2 heterocycles. The van der Waals surface area contributed by atoms with E-state index in [1.54, 1.807) is 0 Å². The number of nitrogens with zero attached hydrogens (tertiary/aromatic N) is 1. The second-order valence-corrected chi connectivity index (χ2v) is 5.61. The molecule has 0 saturated carbocycles. The lowest BCUT2D eigenvalue weighted by atomic mass is 10.2. The molecule has 0 amide bonds. The summed E-state index contributed by atoms with van der Waals surface area (Å²) >= 11 is 0. The first-order valence-electron chi connectivity index (χ1n) is 4.36. The van der Waals surface area contributed by atoms with E-state index in [-0.39, 0.29) is 11.6 Å². The van der Waals surface area contributed by atoms with Crippen LogP contribution in [0.4, 0.5) is 0 Å². The van der Waals surface area contributed by atoms with E-state index in [0.717, 1.165) is 6.42 Å². The molecule has 0 aliphatic carbocycles. The predicted octanol–water partition coefficient (Wildman–Crippen LogP) is 0.00270. The van der Waals surface area contributed by atoms with Gasteiger partial charge >= 0.3 is 5.76 Å². The van der Waals surface area contributed by atoms with Gasteiger partial charge in [0.2, 0.25) is 5.89 Å². The summed E-state index contributed by atoms with van der Waals surface area (Å²) in [6.45, 7) is 0. The zero-order valence-electron chi connectivity index (χ0n) is 7.39. The summed E-state index contributed by atoms with van der Waals surface area (Å²) in [4.78, 5) is 10.7. The SMILES string of the molecule is O=c1[nH]nc(C2CCCCS2(=O)=O)o1. The van der Waals surface area contributed by atoms with Crippen LogP contribution in [0.2, 0.25) is 0 Å². The molecule has 1 saturated heterocycles. The van der Waals surface area contributed by atoms with E-state index < -0.39 is 20.8 Å². The third-order valence-electron chi connectivity index (χ3n) is 2.31. The van der Waals surface area contributed by atoms with Crippen LogP contribution in [0.15, 0.2) is 9.21 Å². The van der Waals surface area contributed by atoms with Crippen molar-refractivity contribution in [1.29, 1.82) is 0 Å². The van der Waals surface area contributed by atoms with Crippen LogP contribution < -0.4 is 5.76 Å². The first-order chi connectivity index (χ1) is 6.59. The largest absolute Gasteiger partial charge is 0.434 e. The Bertz CT molecular complexity index is 472. The second-order valence-electron chi connectivity index (χ2n) is 3.30. The summed E-state index contributed by atoms with van der Waals surface area (Å²) in [7, 11) is -3.18. The number of aromatic amines is 1. The van der Waals surface area contributed by atoms with Crippen molar-refractivity contribution in [1.82, 2.24) is 10.2 Å². The minimum Gasteiger partial charge on any atom is -0.391 e. The van der Waals surface area contributed by atoms with Gasteiger partial charge in [-0.05, 0) is 12.8 Å². The van der Waals surface area contributed by atoms with E-state index in [1.807, 2.05) is 0 Å². The van der Waals surface area contributed by atoms with Gasteiger partial charge in [0, 0.05) is 0 Å². The van der Waals surface area contributed by atoms with E-state index in [9.17, 15) is 13.2 Å². The Balaban J connectivity index is 2.38. The Morgan fingerprint density at radius 3 is 2.79 bits per heavy atom. The molecule has 0 spiro atoms. The lowest BCUT2D eigenvalue weighted by Crippen LogP contribution is -2.21. The van der Waals surface area contributed by atoms with Crippen molar-refractivity contribution < 1.29 is 12.8 Å². The smallest absolute Gasteiger partial charge is 0.391 e. The zero-order chi connectivity index (χ0) is 10.2. The first-order valence-corrected chi connectivity index (χ1v) is 6.08. The van der Waals surface area contributed by atoms with Crippen LogP contribution in [-0.4, -0.2) is 24.4 Å². The molecule has 6 nitrogen and oxygen atoms in total. The molecule has 1 fully saturated rings. The normalized spacial score (nSPS) is 26.1. The molecule has 1 aromatic rings. The van der Waals surface area contributed by atoms with Crippen LogP contribution in [-0.2, 0) is 9.84 Å². The summed E-state index contributed by atoms with van der Waals surface area (Å²) in [6, 6.07) is 0. The van der Waals surface area contributed by atoms with Crippen molar-refractivity contribution in [2.24, 2.45) is 0 Å². The molecular weight excluding hydrogens is 208 g/mol. The van der Waals surface area contributed by atoms with Crippen molar-refractivity contribution in [2.75, 3.05) is 5.75 Å². The van der Waals surface area contributed by atoms with Crippen LogP contribution in [0.1, 0.15) is 30.4 Å². The molecule has 1 N–H and O–H groups in total. The van der Waals surface area contributed by atoms with Crippen LogP contribution in [0.5, 0.6) is 0 Å².